The summed E-state index contributed by atoms with van der Waals surface area (Å²) in [4.78, 5) is 24.8. The van der Waals surface area contributed by atoms with Crippen LogP contribution in [0.5, 0.6) is 0 Å². The van der Waals surface area contributed by atoms with Crippen molar-refractivity contribution < 1.29 is 14.7 Å². The number of carbonyl (C=O) groups excluding carboxylic acids is 1. The highest BCUT2D eigenvalue weighted by molar-refractivity contribution is 7.99. The second kappa shape index (κ2) is 4.58. The van der Waals surface area contributed by atoms with Gasteiger partial charge in [-0.1, -0.05) is 6.07 Å². The first-order valence-electron chi connectivity index (χ1n) is 5.71. The van der Waals surface area contributed by atoms with Gasteiger partial charge in [-0.15, -0.1) is 11.8 Å². The quantitative estimate of drug-likeness (QED) is 0.860. The number of amides is 1. The molecule has 1 aliphatic rings. The number of aliphatic carboxylic acids is 1. The summed E-state index contributed by atoms with van der Waals surface area (Å²) in [6, 6.07) is 4.45. The molecule has 0 bridgehead atoms. The first-order chi connectivity index (χ1) is 9.16. The number of benzene rings is 1. The number of H-pyrrole nitrogens is 1. The minimum absolute atomic E-state index is 0.256. The van der Waals surface area contributed by atoms with Gasteiger partial charge >= 0.3 is 5.97 Å². The van der Waals surface area contributed by atoms with Gasteiger partial charge in [-0.2, -0.15) is 5.10 Å². The molecule has 2 N–H and O–H groups in total. The van der Waals surface area contributed by atoms with Crippen molar-refractivity contribution in [2.75, 3.05) is 11.6 Å². The molecule has 1 atom stereocenters. The Kier molecular flexibility index (Phi) is 2.90. The Balaban J connectivity index is 1.92. The van der Waals surface area contributed by atoms with Gasteiger partial charge in [-0.05, 0) is 12.1 Å². The molecule has 1 aromatic heterocycles. The van der Waals surface area contributed by atoms with Crippen molar-refractivity contribution in [3.8, 4) is 0 Å². The van der Waals surface area contributed by atoms with Crippen LogP contribution < -0.4 is 0 Å². The van der Waals surface area contributed by atoms with Gasteiger partial charge < -0.3 is 10.0 Å². The molecular weight excluding hydrogens is 266 g/mol. The third-order valence-corrected chi connectivity index (χ3v) is 4.13. The van der Waals surface area contributed by atoms with Crippen LogP contribution in [-0.4, -0.2) is 49.8 Å². The summed E-state index contributed by atoms with van der Waals surface area (Å²) >= 11 is 1.45. The zero-order valence-corrected chi connectivity index (χ0v) is 10.7. The number of hydrogen-bond acceptors (Lipinski definition) is 4. The number of aromatic nitrogens is 2. The van der Waals surface area contributed by atoms with Crippen LogP contribution in [0, 0.1) is 0 Å². The maximum absolute atomic E-state index is 12.3. The van der Waals surface area contributed by atoms with E-state index < -0.39 is 12.0 Å². The van der Waals surface area contributed by atoms with Gasteiger partial charge in [0.2, 0.25) is 0 Å². The number of nitrogens with zero attached hydrogens (tertiary/aromatic N) is 2. The number of aromatic amines is 1. The number of carboxylic acids is 1. The number of rotatable bonds is 2. The number of carbonyl (C=O) groups is 2. The highest BCUT2D eigenvalue weighted by Crippen LogP contribution is 2.24. The Morgan fingerprint density at radius 3 is 3.11 bits per heavy atom. The van der Waals surface area contributed by atoms with E-state index in [9.17, 15) is 9.59 Å². The Bertz CT molecular complexity index is 654. The number of thioether (sulfide) groups is 1. The minimum Gasteiger partial charge on any atom is -0.480 e. The van der Waals surface area contributed by atoms with Gasteiger partial charge in [-0.25, -0.2) is 4.79 Å². The van der Waals surface area contributed by atoms with Crippen LogP contribution in [0.4, 0.5) is 0 Å². The first-order valence-corrected chi connectivity index (χ1v) is 6.87. The lowest BCUT2D eigenvalue weighted by Gasteiger charge is -2.20. The molecule has 19 heavy (non-hydrogen) atoms. The third kappa shape index (κ3) is 2.06. The summed E-state index contributed by atoms with van der Waals surface area (Å²) < 4.78 is 0. The fourth-order valence-corrected chi connectivity index (χ4v) is 3.23. The van der Waals surface area contributed by atoms with Gasteiger partial charge in [-0.3, -0.25) is 9.89 Å². The van der Waals surface area contributed by atoms with Crippen LogP contribution in [0.3, 0.4) is 0 Å². The third-order valence-electron chi connectivity index (χ3n) is 3.12. The van der Waals surface area contributed by atoms with Crippen molar-refractivity contribution in [2.45, 2.75) is 6.04 Å². The van der Waals surface area contributed by atoms with Gasteiger partial charge in [0.15, 0.2) is 0 Å². The molecule has 0 spiro atoms. The van der Waals surface area contributed by atoms with E-state index >= 15 is 0 Å². The largest absolute Gasteiger partial charge is 0.480 e. The molecular formula is C12H11N3O3S. The van der Waals surface area contributed by atoms with Crippen LogP contribution in [0.25, 0.3) is 10.9 Å². The molecule has 3 rings (SSSR count). The average Bonchev–Trinajstić information content (AvgIpc) is 3.05. The van der Waals surface area contributed by atoms with E-state index in [1.54, 1.807) is 24.4 Å². The predicted octanol–water partition coefficient (Wildman–Crippen LogP) is 1.16. The highest BCUT2D eigenvalue weighted by atomic mass is 32.2. The Labute approximate surface area is 112 Å². The highest BCUT2D eigenvalue weighted by Gasteiger charge is 2.35. The lowest BCUT2D eigenvalue weighted by molar-refractivity contribution is -0.140. The van der Waals surface area contributed by atoms with E-state index in [0.717, 1.165) is 10.9 Å². The monoisotopic (exact) mass is 277 g/mol. The Morgan fingerprint density at radius 2 is 2.32 bits per heavy atom. The molecule has 98 valence electrons. The van der Waals surface area contributed by atoms with E-state index in [1.807, 2.05) is 0 Å². The molecule has 7 heteroatoms. The zero-order valence-electron chi connectivity index (χ0n) is 9.87. The molecule has 2 heterocycles. The Morgan fingerprint density at radius 1 is 1.47 bits per heavy atom. The number of fused-ring (bicyclic) bond motifs is 1. The number of hydrogen-bond donors (Lipinski definition) is 2. The van der Waals surface area contributed by atoms with Crippen molar-refractivity contribution in [1.29, 1.82) is 0 Å². The van der Waals surface area contributed by atoms with Crippen molar-refractivity contribution >= 4 is 34.5 Å². The summed E-state index contributed by atoms with van der Waals surface area (Å²) in [6.45, 7) is 0. The zero-order chi connectivity index (χ0) is 13.4. The van der Waals surface area contributed by atoms with Gasteiger partial charge in [0.1, 0.15) is 6.04 Å². The summed E-state index contributed by atoms with van der Waals surface area (Å²) in [5, 5.41) is 16.7. The van der Waals surface area contributed by atoms with Gasteiger partial charge in [0.05, 0.1) is 17.6 Å². The van der Waals surface area contributed by atoms with E-state index in [-0.39, 0.29) is 5.91 Å². The van der Waals surface area contributed by atoms with Crippen molar-refractivity contribution in [1.82, 2.24) is 15.1 Å². The first kappa shape index (κ1) is 12.0. The summed E-state index contributed by atoms with van der Waals surface area (Å²) in [6.07, 6.45) is 1.68. The molecule has 1 aromatic carbocycles. The second-order valence-electron chi connectivity index (χ2n) is 4.30. The molecule has 1 fully saturated rings. The summed E-state index contributed by atoms with van der Waals surface area (Å²) in [5.74, 6) is -0.362. The summed E-state index contributed by atoms with van der Waals surface area (Å²) in [5.41, 5.74) is 1.25. The molecule has 6 nitrogen and oxygen atoms in total. The van der Waals surface area contributed by atoms with E-state index in [4.69, 9.17) is 5.11 Å². The SMILES string of the molecule is O=C(O)[C@@H]1CSCN1C(=O)c1ccc2cn[nH]c2c1. The van der Waals surface area contributed by atoms with Gasteiger partial charge in [0, 0.05) is 16.7 Å². The fourth-order valence-electron chi connectivity index (χ4n) is 2.08. The maximum atomic E-state index is 12.3. The molecule has 1 aliphatic heterocycles. The summed E-state index contributed by atoms with van der Waals surface area (Å²) in [7, 11) is 0. The topological polar surface area (TPSA) is 86.3 Å². The molecule has 0 unspecified atom stereocenters. The van der Waals surface area contributed by atoms with E-state index in [0.29, 0.717) is 17.2 Å². The number of nitrogens with one attached hydrogen (secondary N) is 1. The standard InChI is InChI=1S/C12H11N3O3S/c16-11(15-6-19-5-10(15)12(17)18)7-1-2-8-4-13-14-9(8)3-7/h1-4,10H,5-6H2,(H,13,14)(H,17,18)/t10-/m0/s1. The van der Waals surface area contributed by atoms with Crippen molar-refractivity contribution in [3.05, 3.63) is 30.0 Å². The lowest BCUT2D eigenvalue weighted by atomic mass is 10.1. The normalized spacial score (nSPS) is 18.9. The smallest absolute Gasteiger partial charge is 0.327 e. The fraction of sp³-hybridized carbons (Fsp3) is 0.250. The molecule has 0 saturated carbocycles. The molecule has 0 aliphatic carbocycles. The van der Waals surface area contributed by atoms with Crippen molar-refractivity contribution in [3.63, 3.8) is 0 Å². The molecule has 1 amide bonds. The average molecular weight is 277 g/mol. The molecule has 0 radical (unpaired) electrons. The number of carboxylic acid groups (broad SMARTS) is 1. The van der Waals surface area contributed by atoms with Crippen LogP contribution >= 0.6 is 11.8 Å². The second-order valence-corrected chi connectivity index (χ2v) is 5.30. The maximum Gasteiger partial charge on any atom is 0.327 e. The lowest BCUT2D eigenvalue weighted by Crippen LogP contribution is -2.41. The van der Waals surface area contributed by atoms with Crippen LogP contribution in [0.2, 0.25) is 0 Å². The Hall–Kier alpha value is -2.02. The van der Waals surface area contributed by atoms with Crippen LogP contribution in [0.1, 0.15) is 10.4 Å². The van der Waals surface area contributed by atoms with Crippen molar-refractivity contribution in [2.24, 2.45) is 0 Å². The van der Waals surface area contributed by atoms with E-state index in [1.165, 1.54) is 16.7 Å². The minimum atomic E-state index is -0.957. The van der Waals surface area contributed by atoms with Crippen LogP contribution in [0.15, 0.2) is 24.4 Å². The van der Waals surface area contributed by atoms with E-state index in [2.05, 4.69) is 10.2 Å². The van der Waals surface area contributed by atoms with Crippen LogP contribution in [-0.2, 0) is 4.79 Å². The molecule has 1 saturated heterocycles. The molecule has 2 aromatic rings. The predicted molar refractivity (Wildman–Crippen MR) is 71.0 cm³/mol. The van der Waals surface area contributed by atoms with Gasteiger partial charge in [0.25, 0.3) is 5.91 Å².